The lowest BCUT2D eigenvalue weighted by atomic mass is 10.1. The molecular weight excluding hydrogens is 358 g/mol. The maximum Gasteiger partial charge on any atom is 0.243 e. The van der Waals surface area contributed by atoms with Gasteiger partial charge in [0.05, 0.1) is 18.7 Å². The Balaban J connectivity index is 1.65. The number of nitrogens with one attached hydrogen (secondary N) is 2. The van der Waals surface area contributed by atoms with Crippen molar-refractivity contribution in [3.8, 4) is 5.75 Å². The summed E-state index contributed by atoms with van der Waals surface area (Å²) in [5.41, 5.74) is 7.10. The standard InChI is InChI=1S/C18H22ClN3O4/c1-11-9-14(19)6-7-16(11)25-8-4-5-17(23)20-21-18(24)10-15-12(2)22-26-13(15)3/h6-7,9H,4-5,8,10H2,1-3H3,(H,20,23)(H,21,24). The van der Waals surface area contributed by atoms with Crippen LogP contribution < -0.4 is 15.6 Å². The summed E-state index contributed by atoms with van der Waals surface area (Å²) in [4.78, 5) is 23.6. The van der Waals surface area contributed by atoms with Crippen molar-refractivity contribution in [3.63, 3.8) is 0 Å². The fraction of sp³-hybridized carbons (Fsp3) is 0.389. The molecule has 7 nitrogen and oxygen atoms in total. The van der Waals surface area contributed by atoms with Crippen LogP contribution >= 0.6 is 11.6 Å². The first-order valence-corrected chi connectivity index (χ1v) is 8.63. The molecule has 2 amide bonds. The molecule has 0 aliphatic carbocycles. The molecule has 0 aliphatic rings. The summed E-state index contributed by atoms with van der Waals surface area (Å²) in [6.45, 7) is 5.80. The van der Waals surface area contributed by atoms with Gasteiger partial charge in [-0.25, -0.2) is 0 Å². The van der Waals surface area contributed by atoms with E-state index in [0.717, 1.165) is 16.9 Å². The molecule has 0 fully saturated rings. The van der Waals surface area contributed by atoms with E-state index in [1.807, 2.05) is 13.0 Å². The fourth-order valence-electron chi connectivity index (χ4n) is 2.35. The number of carbonyl (C=O) groups is 2. The SMILES string of the molecule is Cc1cc(Cl)ccc1OCCCC(=O)NNC(=O)Cc1c(C)noc1C. The Morgan fingerprint density at radius 3 is 2.58 bits per heavy atom. The number of nitrogens with zero attached hydrogens (tertiary/aromatic N) is 1. The van der Waals surface area contributed by atoms with Crippen molar-refractivity contribution in [3.05, 3.63) is 45.8 Å². The van der Waals surface area contributed by atoms with Crippen LogP contribution in [0.1, 0.15) is 35.4 Å². The lowest BCUT2D eigenvalue weighted by Gasteiger charge is -2.10. The molecule has 2 aromatic rings. The van der Waals surface area contributed by atoms with Gasteiger partial charge in [0.15, 0.2) is 0 Å². The quantitative estimate of drug-likeness (QED) is 0.570. The van der Waals surface area contributed by atoms with E-state index >= 15 is 0 Å². The predicted molar refractivity (Wildman–Crippen MR) is 96.9 cm³/mol. The van der Waals surface area contributed by atoms with Crippen LogP contribution in [0.5, 0.6) is 5.75 Å². The number of hydrogen-bond donors (Lipinski definition) is 2. The highest BCUT2D eigenvalue weighted by Crippen LogP contribution is 2.21. The average molecular weight is 380 g/mol. The van der Waals surface area contributed by atoms with Gasteiger partial charge in [-0.05, 0) is 51.0 Å². The molecule has 1 aromatic heterocycles. The summed E-state index contributed by atoms with van der Waals surface area (Å²) in [5, 5.41) is 4.44. The summed E-state index contributed by atoms with van der Waals surface area (Å²) in [5.74, 6) is 0.718. The second-order valence-corrected chi connectivity index (χ2v) is 6.37. The average Bonchev–Trinajstić information content (AvgIpc) is 2.90. The van der Waals surface area contributed by atoms with Crippen molar-refractivity contribution in [2.75, 3.05) is 6.61 Å². The predicted octanol–water partition coefficient (Wildman–Crippen LogP) is 2.80. The second kappa shape index (κ2) is 9.24. The Kier molecular flexibility index (Phi) is 7.03. The first-order chi connectivity index (χ1) is 12.4. The van der Waals surface area contributed by atoms with Gasteiger partial charge in [-0.3, -0.25) is 20.4 Å². The van der Waals surface area contributed by atoms with Crippen molar-refractivity contribution in [1.82, 2.24) is 16.0 Å². The minimum Gasteiger partial charge on any atom is -0.493 e. The number of carbonyl (C=O) groups excluding carboxylic acids is 2. The number of amides is 2. The van der Waals surface area contributed by atoms with Crippen molar-refractivity contribution in [1.29, 1.82) is 0 Å². The van der Waals surface area contributed by atoms with Gasteiger partial charge < -0.3 is 9.26 Å². The summed E-state index contributed by atoms with van der Waals surface area (Å²) >= 11 is 5.89. The largest absolute Gasteiger partial charge is 0.493 e. The van der Waals surface area contributed by atoms with Crippen LogP contribution in [0.3, 0.4) is 0 Å². The summed E-state index contributed by atoms with van der Waals surface area (Å²) in [7, 11) is 0. The zero-order chi connectivity index (χ0) is 19.1. The van der Waals surface area contributed by atoms with Gasteiger partial charge >= 0.3 is 0 Å². The van der Waals surface area contributed by atoms with Crippen LogP contribution in [0.15, 0.2) is 22.7 Å². The van der Waals surface area contributed by atoms with Crippen molar-refractivity contribution in [2.45, 2.75) is 40.0 Å². The maximum absolute atomic E-state index is 11.9. The van der Waals surface area contributed by atoms with Gasteiger partial charge in [0.1, 0.15) is 11.5 Å². The molecule has 0 saturated heterocycles. The lowest BCUT2D eigenvalue weighted by molar-refractivity contribution is -0.128. The molecule has 8 heteroatoms. The number of hydrazine groups is 1. The van der Waals surface area contributed by atoms with Crippen LogP contribution in [0.4, 0.5) is 0 Å². The Bertz CT molecular complexity index is 769. The van der Waals surface area contributed by atoms with Crippen LogP contribution in [-0.4, -0.2) is 23.6 Å². The van der Waals surface area contributed by atoms with Gasteiger partial charge in [0.25, 0.3) is 0 Å². The van der Waals surface area contributed by atoms with E-state index in [1.54, 1.807) is 26.0 Å². The van der Waals surface area contributed by atoms with E-state index in [2.05, 4.69) is 16.0 Å². The Hall–Kier alpha value is -2.54. The number of rotatable bonds is 7. The molecule has 0 radical (unpaired) electrons. The Morgan fingerprint density at radius 1 is 1.19 bits per heavy atom. The smallest absolute Gasteiger partial charge is 0.243 e. The molecule has 2 N–H and O–H groups in total. The molecule has 0 atom stereocenters. The monoisotopic (exact) mass is 379 g/mol. The Morgan fingerprint density at radius 2 is 1.92 bits per heavy atom. The van der Waals surface area contributed by atoms with Crippen LogP contribution in [0.25, 0.3) is 0 Å². The molecule has 0 saturated carbocycles. The number of aryl methyl sites for hydroxylation is 3. The number of aromatic nitrogens is 1. The highest BCUT2D eigenvalue weighted by atomic mass is 35.5. The normalized spacial score (nSPS) is 10.5. The van der Waals surface area contributed by atoms with Crippen LogP contribution in [0, 0.1) is 20.8 Å². The van der Waals surface area contributed by atoms with Crippen LogP contribution in [-0.2, 0) is 16.0 Å². The summed E-state index contributed by atoms with van der Waals surface area (Å²) < 4.78 is 10.6. The molecule has 0 bridgehead atoms. The third kappa shape index (κ3) is 5.77. The van der Waals surface area contributed by atoms with Crippen molar-refractivity contribution >= 4 is 23.4 Å². The van der Waals surface area contributed by atoms with Gasteiger partial charge in [-0.2, -0.15) is 0 Å². The van der Waals surface area contributed by atoms with E-state index in [4.69, 9.17) is 20.9 Å². The van der Waals surface area contributed by atoms with E-state index in [-0.39, 0.29) is 24.7 Å². The van der Waals surface area contributed by atoms with Gasteiger partial charge in [0.2, 0.25) is 11.8 Å². The highest BCUT2D eigenvalue weighted by Gasteiger charge is 2.13. The van der Waals surface area contributed by atoms with E-state index in [9.17, 15) is 9.59 Å². The van der Waals surface area contributed by atoms with Crippen LogP contribution in [0.2, 0.25) is 5.02 Å². The van der Waals surface area contributed by atoms with E-state index in [1.165, 1.54) is 0 Å². The zero-order valence-corrected chi connectivity index (χ0v) is 15.8. The number of hydrogen-bond acceptors (Lipinski definition) is 5. The van der Waals surface area contributed by atoms with E-state index < -0.39 is 0 Å². The number of ether oxygens (including phenoxy) is 1. The molecular formula is C18H22ClN3O4. The first kappa shape index (κ1) is 19.8. The first-order valence-electron chi connectivity index (χ1n) is 8.25. The van der Waals surface area contributed by atoms with Crippen molar-refractivity contribution in [2.24, 2.45) is 0 Å². The third-order valence-electron chi connectivity index (χ3n) is 3.80. The zero-order valence-electron chi connectivity index (χ0n) is 15.0. The maximum atomic E-state index is 11.9. The molecule has 1 aromatic carbocycles. The van der Waals surface area contributed by atoms with Gasteiger partial charge in [0, 0.05) is 17.0 Å². The molecule has 0 spiro atoms. The molecule has 0 aliphatic heterocycles. The number of halogens is 1. The highest BCUT2D eigenvalue weighted by molar-refractivity contribution is 6.30. The number of benzene rings is 1. The summed E-state index contributed by atoms with van der Waals surface area (Å²) in [6, 6.07) is 5.37. The third-order valence-corrected chi connectivity index (χ3v) is 4.04. The molecule has 0 unspecified atom stereocenters. The Labute approximate surface area is 157 Å². The molecule has 26 heavy (non-hydrogen) atoms. The molecule has 140 valence electrons. The second-order valence-electron chi connectivity index (χ2n) is 5.94. The van der Waals surface area contributed by atoms with Gasteiger partial charge in [-0.1, -0.05) is 16.8 Å². The molecule has 1 heterocycles. The van der Waals surface area contributed by atoms with E-state index in [0.29, 0.717) is 29.5 Å². The summed E-state index contributed by atoms with van der Waals surface area (Å²) in [6.07, 6.45) is 0.853. The fourth-order valence-corrected chi connectivity index (χ4v) is 2.58. The minimum atomic E-state index is -0.333. The topological polar surface area (TPSA) is 93.5 Å². The minimum absolute atomic E-state index is 0.0976. The molecule has 2 rings (SSSR count). The van der Waals surface area contributed by atoms with Gasteiger partial charge in [-0.15, -0.1) is 0 Å². The lowest BCUT2D eigenvalue weighted by Crippen LogP contribution is -2.42. The van der Waals surface area contributed by atoms with Crippen molar-refractivity contribution < 1.29 is 18.8 Å².